The van der Waals surface area contributed by atoms with E-state index in [1.54, 1.807) is 26.0 Å². The molecule has 1 aromatic carbocycles. The molecule has 1 unspecified atom stereocenters. The van der Waals surface area contributed by atoms with E-state index in [1.165, 1.54) is 6.07 Å². The maximum Gasteiger partial charge on any atom is 0.194 e. The van der Waals surface area contributed by atoms with Crippen molar-refractivity contribution in [3.63, 3.8) is 0 Å². The van der Waals surface area contributed by atoms with Gasteiger partial charge in [-0.3, -0.25) is 10.8 Å². The summed E-state index contributed by atoms with van der Waals surface area (Å²) in [6, 6.07) is 4.67. The molecule has 1 aromatic heterocycles. The number of hydrazine groups is 1. The Bertz CT molecular complexity index is 624. The highest BCUT2D eigenvalue weighted by Gasteiger charge is 2.22. The molecular weight excluding hydrogens is 267 g/mol. The molecule has 0 spiro atoms. The van der Waals surface area contributed by atoms with Crippen molar-refractivity contribution in [1.29, 1.82) is 0 Å². The first kappa shape index (κ1) is 14.5. The Labute approximate surface area is 114 Å². The Balaban J connectivity index is 2.55. The first-order valence-corrected chi connectivity index (χ1v) is 5.98. The molecule has 0 radical (unpaired) electrons. The second-order valence-corrected chi connectivity index (χ2v) is 4.55. The molecule has 3 nitrogen and oxygen atoms in total. The standard InChI is InChI=1S/C14H14F3N3/c1-7-5-9(6-8(2)19-7)14(20-18)10-3-4-11(15)13(17)12(10)16/h3-6,14,20H,18H2,1-2H3. The average Bonchev–Trinajstić information content (AvgIpc) is 2.38. The molecule has 0 aliphatic heterocycles. The minimum atomic E-state index is -1.51. The number of hydrogen-bond acceptors (Lipinski definition) is 3. The molecule has 0 aliphatic rings. The summed E-state index contributed by atoms with van der Waals surface area (Å²) < 4.78 is 40.2. The topological polar surface area (TPSA) is 50.9 Å². The minimum absolute atomic E-state index is 0.0589. The molecule has 0 amide bonds. The van der Waals surface area contributed by atoms with Gasteiger partial charge < -0.3 is 0 Å². The lowest BCUT2D eigenvalue weighted by Crippen LogP contribution is -2.30. The summed E-state index contributed by atoms with van der Waals surface area (Å²) in [5.74, 6) is 1.45. The fourth-order valence-electron chi connectivity index (χ4n) is 2.16. The van der Waals surface area contributed by atoms with Gasteiger partial charge in [-0.25, -0.2) is 18.6 Å². The molecule has 0 bridgehead atoms. The quantitative estimate of drug-likeness (QED) is 0.516. The zero-order valence-corrected chi connectivity index (χ0v) is 11.0. The van der Waals surface area contributed by atoms with Gasteiger partial charge >= 0.3 is 0 Å². The third-order valence-electron chi connectivity index (χ3n) is 2.98. The van der Waals surface area contributed by atoms with E-state index >= 15 is 0 Å². The predicted octanol–water partition coefficient (Wildman–Crippen LogP) is 2.67. The molecule has 0 saturated carbocycles. The average molecular weight is 281 g/mol. The van der Waals surface area contributed by atoms with E-state index in [0.717, 1.165) is 17.5 Å². The second-order valence-electron chi connectivity index (χ2n) is 4.55. The van der Waals surface area contributed by atoms with Crippen LogP contribution in [0.2, 0.25) is 0 Å². The van der Waals surface area contributed by atoms with E-state index in [-0.39, 0.29) is 5.56 Å². The molecular formula is C14H14F3N3. The monoisotopic (exact) mass is 281 g/mol. The molecule has 20 heavy (non-hydrogen) atoms. The van der Waals surface area contributed by atoms with Crippen LogP contribution in [0.25, 0.3) is 0 Å². The van der Waals surface area contributed by atoms with Crippen LogP contribution in [0, 0.1) is 31.3 Å². The number of halogens is 3. The van der Waals surface area contributed by atoms with Crippen molar-refractivity contribution in [2.75, 3.05) is 0 Å². The van der Waals surface area contributed by atoms with E-state index < -0.39 is 23.5 Å². The molecule has 2 aromatic rings. The van der Waals surface area contributed by atoms with E-state index in [2.05, 4.69) is 10.4 Å². The first-order valence-electron chi connectivity index (χ1n) is 5.98. The highest BCUT2D eigenvalue weighted by atomic mass is 19.2. The van der Waals surface area contributed by atoms with Crippen molar-refractivity contribution in [1.82, 2.24) is 10.4 Å². The van der Waals surface area contributed by atoms with E-state index in [4.69, 9.17) is 5.84 Å². The minimum Gasteiger partial charge on any atom is -0.271 e. The lowest BCUT2D eigenvalue weighted by molar-refractivity contribution is 0.433. The van der Waals surface area contributed by atoms with Crippen molar-refractivity contribution >= 4 is 0 Å². The summed E-state index contributed by atoms with van der Waals surface area (Å²) in [6.45, 7) is 3.57. The van der Waals surface area contributed by atoms with Crippen molar-refractivity contribution in [2.45, 2.75) is 19.9 Å². The number of pyridine rings is 1. The Morgan fingerprint density at radius 2 is 1.65 bits per heavy atom. The molecule has 0 saturated heterocycles. The van der Waals surface area contributed by atoms with Crippen LogP contribution in [0.1, 0.15) is 28.6 Å². The third kappa shape index (κ3) is 2.66. The molecule has 6 heteroatoms. The summed E-state index contributed by atoms with van der Waals surface area (Å²) in [5, 5.41) is 0. The van der Waals surface area contributed by atoms with Crippen LogP contribution in [0.4, 0.5) is 13.2 Å². The van der Waals surface area contributed by atoms with E-state index in [0.29, 0.717) is 5.56 Å². The van der Waals surface area contributed by atoms with Gasteiger partial charge in [-0.05, 0) is 37.6 Å². The molecule has 0 aliphatic carbocycles. The number of nitrogens with zero attached hydrogens (tertiary/aromatic N) is 1. The number of benzene rings is 1. The number of rotatable bonds is 3. The highest BCUT2D eigenvalue weighted by Crippen LogP contribution is 2.27. The number of nitrogens with two attached hydrogens (primary N) is 1. The summed E-state index contributed by atoms with van der Waals surface area (Å²) in [7, 11) is 0. The molecule has 0 fully saturated rings. The number of nitrogens with one attached hydrogen (secondary N) is 1. The summed E-state index contributed by atoms with van der Waals surface area (Å²) >= 11 is 0. The molecule has 1 heterocycles. The Morgan fingerprint density at radius 1 is 1.05 bits per heavy atom. The van der Waals surface area contributed by atoms with Crippen molar-refractivity contribution < 1.29 is 13.2 Å². The van der Waals surface area contributed by atoms with Crippen molar-refractivity contribution in [3.8, 4) is 0 Å². The summed E-state index contributed by atoms with van der Waals surface area (Å²) in [6.07, 6.45) is 0. The van der Waals surface area contributed by atoms with E-state index in [1.807, 2.05) is 0 Å². The van der Waals surface area contributed by atoms with Crippen LogP contribution >= 0.6 is 0 Å². The van der Waals surface area contributed by atoms with Crippen LogP contribution < -0.4 is 11.3 Å². The van der Waals surface area contributed by atoms with Crippen molar-refractivity contribution in [3.05, 3.63) is 64.2 Å². The van der Waals surface area contributed by atoms with Gasteiger partial charge in [-0.1, -0.05) is 6.07 Å². The van der Waals surface area contributed by atoms with Gasteiger partial charge in [0, 0.05) is 17.0 Å². The van der Waals surface area contributed by atoms with Crippen LogP contribution in [0.3, 0.4) is 0 Å². The maximum absolute atomic E-state index is 13.9. The highest BCUT2D eigenvalue weighted by molar-refractivity contribution is 5.34. The second kappa shape index (κ2) is 5.60. The molecule has 1 atom stereocenters. The fourth-order valence-corrected chi connectivity index (χ4v) is 2.16. The smallest absolute Gasteiger partial charge is 0.194 e. The first-order chi connectivity index (χ1) is 9.43. The lowest BCUT2D eigenvalue weighted by atomic mass is 9.98. The zero-order valence-electron chi connectivity index (χ0n) is 11.0. The van der Waals surface area contributed by atoms with Gasteiger partial charge in [0.25, 0.3) is 0 Å². The molecule has 106 valence electrons. The molecule has 3 N–H and O–H groups in total. The Morgan fingerprint density at radius 3 is 2.20 bits per heavy atom. The SMILES string of the molecule is Cc1cc(C(NN)c2ccc(F)c(F)c2F)cc(C)n1. The van der Waals surface area contributed by atoms with Gasteiger partial charge in [0.1, 0.15) is 0 Å². The largest absolute Gasteiger partial charge is 0.271 e. The van der Waals surface area contributed by atoms with Gasteiger partial charge in [-0.2, -0.15) is 0 Å². The van der Waals surface area contributed by atoms with E-state index in [9.17, 15) is 13.2 Å². The van der Waals surface area contributed by atoms with Crippen LogP contribution in [0.5, 0.6) is 0 Å². The van der Waals surface area contributed by atoms with Crippen LogP contribution in [-0.2, 0) is 0 Å². The zero-order chi connectivity index (χ0) is 14.9. The normalized spacial score (nSPS) is 12.5. The van der Waals surface area contributed by atoms with Gasteiger partial charge in [0.2, 0.25) is 0 Å². The number of aryl methyl sites for hydroxylation is 2. The summed E-state index contributed by atoms with van der Waals surface area (Å²) in [4.78, 5) is 4.20. The van der Waals surface area contributed by atoms with Gasteiger partial charge in [0.05, 0.1) is 6.04 Å². The molecule has 2 rings (SSSR count). The number of hydrogen-bond donors (Lipinski definition) is 2. The van der Waals surface area contributed by atoms with Crippen LogP contribution in [-0.4, -0.2) is 4.98 Å². The van der Waals surface area contributed by atoms with Crippen LogP contribution in [0.15, 0.2) is 24.3 Å². The maximum atomic E-state index is 13.9. The van der Waals surface area contributed by atoms with Gasteiger partial charge in [-0.15, -0.1) is 0 Å². The van der Waals surface area contributed by atoms with Gasteiger partial charge in [0.15, 0.2) is 17.5 Å². The Hall–Kier alpha value is -1.92. The predicted molar refractivity (Wildman–Crippen MR) is 69.2 cm³/mol. The number of aromatic nitrogens is 1. The lowest BCUT2D eigenvalue weighted by Gasteiger charge is -2.18. The summed E-state index contributed by atoms with van der Waals surface area (Å²) in [5.41, 5.74) is 4.44. The fraction of sp³-hybridized carbons (Fsp3) is 0.214. The van der Waals surface area contributed by atoms with Crippen molar-refractivity contribution in [2.24, 2.45) is 5.84 Å². The third-order valence-corrected chi connectivity index (χ3v) is 2.98. The Kier molecular flexibility index (Phi) is 4.06.